The van der Waals surface area contributed by atoms with Crippen LogP contribution in [-0.4, -0.2) is 20.9 Å². The van der Waals surface area contributed by atoms with E-state index in [4.69, 9.17) is 23.2 Å². The maximum atomic E-state index is 12.1. The third-order valence-corrected chi connectivity index (χ3v) is 3.11. The fraction of sp³-hybridized carbons (Fsp3) is 0.250. The van der Waals surface area contributed by atoms with Crippen molar-refractivity contribution in [1.29, 1.82) is 0 Å². The Balaban J connectivity index is 2.18. The van der Waals surface area contributed by atoms with E-state index in [1.807, 2.05) is 6.92 Å². The summed E-state index contributed by atoms with van der Waals surface area (Å²) in [5, 5.41) is 3.30. The van der Waals surface area contributed by atoms with E-state index in [1.165, 1.54) is 6.07 Å². The predicted octanol–water partition coefficient (Wildman–Crippen LogP) is 2.99. The molecule has 0 aliphatic rings. The minimum atomic E-state index is -0.379. The smallest absolute Gasteiger partial charge is 0.272 e. The summed E-state index contributed by atoms with van der Waals surface area (Å²) < 4.78 is 0. The van der Waals surface area contributed by atoms with Crippen LogP contribution in [0.15, 0.2) is 24.5 Å². The second-order valence-corrected chi connectivity index (χ2v) is 4.67. The number of amides is 1. The first-order valence-corrected chi connectivity index (χ1v) is 6.49. The average Bonchev–Trinajstić information content (AvgIpc) is 2.92. The molecule has 0 saturated carbocycles. The van der Waals surface area contributed by atoms with Crippen LogP contribution in [0.2, 0.25) is 10.2 Å². The zero-order valence-corrected chi connectivity index (χ0v) is 11.7. The van der Waals surface area contributed by atoms with Crippen LogP contribution in [0.3, 0.4) is 0 Å². The Morgan fingerprint density at radius 1 is 1.47 bits per heavy atom. The topological polar surface area (TPSA) is 70.7 Å². The van der Waals surface area contributed by atoms with Crippen molar-refractivity contribution in [1.82, 2.24) is 20.3 Å². The minimum Gasteiger partial charge on any atom is -0.347 e. The molecule has 0 aromatic carbocycles. The van der Waals surface area contributed by atoms with Gasteiger partial charge in [0.1, 0.15) is 16.7 Å². The summed E-state index contributed by atoms with van der Waals surface area (Å²) in [4.78, 5) is 23.1. The van der Waals surface area contributed by atoms with Crippen LogP contribution in [0.4, 0.5) is 0 Å². The van der Waals surface area contributed by atoms with Gasteiger partial charge < -0.3 is 10.3 Å². The molecule has 19 heavy (non-hydrogen) atoms. The molecule has 2 heterocycles. The Hall–Kier alpha value is -1.59. The molecule has 0 spiro atoms. The van der Waals surface area contributed by atoms with Crippen LogP contribution in [0.5, 0.6) is 0 Å². The molecule has 2 rings (SSSR count). The monoisotopic (exact) mass is 298 g/mol. The normalized spacial score (nSPS) is 12.2. The number of halogens is 2. The third-order valence-electron chi connectivity index (χ3n) is 2.59. The van der Waals surface area contributed by atoms with Gasteiger partial charge in [-0.15, -0.1) is 0 Å². The highest BCUT2D eigenvalue weighted by Crippen LogP contribution is 2.18. The van der Waals surface area contributed by atoms with Gasteiger partial charge >= 0.3 is 0 Å². The van der Waals surface area contributed by atoms with E-state index in [2.05, 4.69) is 20.3 Å². The molecular formula is C12H12Cl2N4O. The van der Waals surface area contributed by atoms with Crippen LogP contribution < -0.4 is 5.32 Å². The molecule has 0 radical (unpaired) electrons. The van der Waals surface area contributed by atoms with Crippen LogP contribution >= 0.6 is 23.2 Å². The third kappa shape index (κ3) is 3.24. The number of aromatic amines is 1. The van der Waals surface area contributed by atoms with E-state index in [0.29, 0.717) is 12.2 Å². The molecule has 1 atom stereocenters. The highest BCUT2D eigenvalue weighted by molar-refractivity contribution is 6.34. The highest BCUT2D eigenvalue weighted by atomic mass is 35.5. The molecule has 1 unspecified atom stereocenters. The zero-order chi connectivity index (χ0) is 13.8. The molecule has 1 amide bonds. The zero-order valence-electron chi connectivity index (χ0n) is 10.2. The second kappa shape index (κ2) is 6.04. The summed E-state index contributed by atoms with van der Waals surface area (Å²) in [6.45, 7) is 1.94. The van der Waals surface area contributed by atoms with E-state index in [0.717, 1.165) is 0 Å². The summed E-state index contributed by atoms with van der Waals surface area (Å²) in [5.74, 6) is 0.310. The Morgan fingerprint density at radius 3 is 2.89 bits per heavy atom. The molecule has 2 aromatic rings. The Morgan fingerprint density at radius 2 is 2.26 bits per heavy atom. The Bertz CT molecular complexity index is 571. The van der Waals surface area contributed by atoms with E-state index in [9.17, 15) is 4.79 Å². The largest absolute Gasteiger partial charge is 0.347 e. The number of carbonyl (C=O) groups is 1. The number of hydrogen-bond donors (Lipinski definition) is 2. The van der Waals surface area contributed by atoms with Crippen molar-refractivity contribution < 1.29 is 4.79 Å². The fourth-order valence-corrected chi connectivity index (χ4v) is 1.97. The Kier molecular flexibility index (Phi) is 4.39. The number of aromatic nitrogens is 3. The number of hydrogen-bond acceptors (Lipinski definition) is 3. The lowest BCUT2D eigenvalue weighted by Gasteiger charge is -2.14. The lowest BCUT2D eigenvalue weighted by atomic mass is 10.2. The van der Waals surface area contributed by atoms with E-state index in [-0.39, 0.29) is 27.8 Å². The van der Waals surface area contributed by atoms with Crippen molar-refractivity contribution in [2.24, 2.45) is 0 Å². The van der Waals surface area contributed by atoms with Gasteiger partial charge in [-0.05, 0) is 18.6 Å². The summed E-state index contributed by atoms with van der Waals surface area (Å²) in [7, 11) is 0. The van der Waals surface area contributed by atoms with Crippen LogP contribution in [0, 0.1) is 0 Å². The summed E-state index contributed by atoms with van der Waals surface area (Å²) >= 11 is 11.7. The van der Waals surface area contributed by atoms with Gasteiger partial charge in [0.2, 0.25) is 0 Å². The maximum absolute atomic E-state index is 12.1. The number of rotatable bonds is 4. The molecule has 0 bridgehead atoms. The van der Waals surface area contributed by atoms with Gasteiger partial charge in [0.05, 0.1) is 11.1 Å². The molecule has 0 saturated heterocycles. The predicted molar refractivity (Wildman–Crippen MR) is 73.3 cm³/mol. The van der Waals surface area contributed by atoms with E-state index < -0.39 is 0 Å². The molecule has 7 heteroatoms. The number of carbonyl (C=O) groups excluding carboxylic acids is 1. The molecule has 2 aromatic heterocycles. The number of H-pyrrole nitrogens is 1. The summed E-state index contributed by atoms with van der Waals surface area (Å²) in [6.07, 6.45) is 4.03. The lowest BCUT2D eigenvalue weighted by molar-refractivity contribution is 0.0929. The van der Waals surface area contributed by atoms with Crippen molar-refractivity contribution in [3.05, 3.63) is 46.2 Å². The maximum Gasteiger partial charge on any atom is 0.272 e. The molecule has 2 N–H and O–H groups in total. The van der Waals surface area contributed by atoms with Crippen LogP contribution in [0.1, 0.15) is 35.7 Å². The summed E-state index contributed by atoms with van der Waals surface area (Å²) in [6, 6.07) is 2.85. The van der Waals surface area contributed by atoms with Crippen molar-refractivity contribution in [2.45, 2.75) is 19.4 Å². The first kappa shape index (κ1) is 13.8. The Labute approximate surface area is 120 Å². The molecule has 0 aliphatic heterocycles. The lowest BCUT2D eigenvalue weighted by Crippen LogP contribution is -2.29. The molecule has 0 aliphatic carbocycles. The van der Waals surface area contributed by atoms with Crippen molar-refractivity contribution >= 4 is 29.1 Å². The molecule has 5 nitrogen and oxygen atoms in total. The van der Waals surface area contributed by atoms with Crippen molar-refractivity contribution in [3.63, 3.8) is 0 Å². The van der Waals surface area contributed by atoms with E-state index >= 15 is 0 Å². The minimum absolute atomic E-state index is 0.110. The van der Waals surface area contributed by atoms with Gasteiger partial charge in [0.25, 0.3) is 5.91 Å². The van der Waals surface area contributed by atoms with Crippen LogP contribution in [-0.2, 0) is 0 Å². The van der Waals surface area contributed by atoms with Gasteiger partial charge in [-0.3, -0.25) is 4.79 Å². The average molecular weight is 299 g/mol. The molecule has 0 fully saturated rings. The SMILES string of the molecule is CCC(NC(=O)c1nc(Cl)ccc1Cl)c1ncc[nH]1. The van der Waals surface area contributed by atoms with E-state index in [1.54, 1.807) is 18.5 Å². The van der Waals surface area contributed by atoms with Gasteiger partial charge in [-0.25, -0.2) is 9.97 Å². The van der Waals surface area contributed by atoms with Crippen LogP contribution in [0.25, 0.3) is 0 Å². The van der Waals surface area contributed by atoms with Gasteiger partial charge in [-0.1, -0.05) is 30.1 Å². The molecular weight excluding hydrogens is 287 g/mol. The fourth-order valence-electron chi connectivity index (χ4n) is 1.64. The first-order valence-electron chi connectivity index (χ1n) is 5.74. The number of nitrogens with zero attached hydrogens (tertiary/aromatic N) is 2. The molecule has 100 valence electrons. The first-order chi connectivity index (χ1) is 9.11. The standard InChI is InChI=1S/C12H12Cl2N4O/c1-2-8(11-15-5-6-16-11)17-12(19)10-7(13)3-4-9(14)18-10/h3-6,8H,2H2,1H3,(H,15,16)(H,17,19). The van der Waals surface area contributed by atoms with Gasteiger partial charge in [-0.2, -0.15) is 0 Å². The van der Waals surface area contributed by atoms with Crippen molar-refractivity contribution in [3.8, 4) is 0 Å². The van der Waals surface area contributed by atoms with Crippen molar-refractivity contribution in [2.75, 3.05) is 0 Å². The van der Waals surface area contributed by atoms with Gasteiger partial charge in [0, 0.05) is 12.4 Å². The van der Waals surface area contributed by atoms with Gasteiger partial charge in [0.15, 0.2) is 0 Å². The number of pyridine rings is 1. The second-order valence-electron chi connectivity index (χ2n) is 3.87. The quantitative estimate of drug-likeness (QED) is 0.853. The summed E-state index contributed by atoms with van der Waals surface area (Å²) in [5.41, 5.74) is 0.110. The number of nitrogens with one attached hydrogen (secondary N) is 2. The number of imidazole rings is 1. The highest BCUT2D eigenvalue weighted by Gasteiger charge is 2.19.